The molecule has 0 bridgehead atoms. The number of hydrogen-bond acceptors (Lipinski definition) is 8. The number of thiazole rings is 1. The number of nitrogens with zero attached hydrogens (tertiary/aromatic N) is 6. The zero-order valence-corrected chi connectivity index (χ0v) is 20.2. The van der Waals surface area contributed by atoms with Crippen molar-refractivity contribution in [1.29, 1.82) is 5.26 Å². The minimum atomic E-state index is -3.82. The third-order valence-electron chi connectivity index (χ3n) is 6.62. The van der Waals surface area contributed by atoms with Crippen LogP contribution in [-0.2, 0) is 10.0 Å². The van der Waals surface area contributed by atoms with E-state index in [1.165, 1.54) is 15.3 Å². The second-order valence-corrected chi connectivity index (χ2v) is 11.5. The van der Waals surface area contributed by atoms with Crippen molar-refractivity contribution in [3.05, 3.63) is 55.0 Å². The Hall–Kier alpha value is -3.75. The van der Waals surface area contributed by atoms with Gasteiger partial charge < -0.3 is 10.3 Å². The number of anilines is 1. The Balaban J connectivity index is 1.59. The molecule has 1 fully saturated rings. The van der Waals surface area contributed by atoms with Crippen LogP contribution < -0.4 is 5.73 Å². The van der Waals surface area contributed by atoms with Gasteiger partial charge in [0.25, 0.3) is 10.0 Å². The molecule has 1 saturated carbocycles. The summed E-state index contributed by atoms with van der Waals surface area (Å²) in [5.74, 6) is 0.796. The molecule has 35 heavy (non-hydrogen) atoms. The van der Waals surface area contributed by atoms with Crippen LogP contribution in [-0.4, -0.2) is 31.9 Å². The minimum Gasteiger partial charge on any atom is -0.375 e. The number of imidazole rings is 1. The van der Waals surface area contributed by atoms with Gasteiger partial charge in [-0.25, -0.2) is 27.3 Å². The van der Waals surface area contributed by atoms with Crippen molar-refractivity contribution in [2.24, 2.45) is 5.92 Å². The van der Waals surface area contributed by atoms with Gasteiger partial charge in [0.05, 0.1) is 33.8 Å². The van der Waals surface area contributed by atoms with Crippen LogP contribution in [0.15, 0.2) is 59.9 Å². The third-order valence-corrected chi connectivity index (χ3v) is 9.12. The summed E-state index contributed by atoms with van der Waals surface area (Å²) >= 11 is 1.36. The average Bonchev–Trinajstić information content (AvgIpc) is 3.60. The molecule has 0 atom stereocenters. The Morgan fingerprint density at radius 1 is 1.06 bits per heavy atom. The van der Waals surface area contributed by atoms with E-state index in [2.05, 4.69) is 20.6 Å². The zero-order chi connectivity index (χ0) is 24.2. The van der Waals surface area contributed by atoms with E-state index in [-0.39, 0.29) is 16.9 Å². The van der Waals surface area contributed by atoms with Crippen LogP contribution in [0.2, 0.25) is 0 Å². The summed E-state index contributed by atoms with van der Waals surface area (Å²) in [6.07, 6.45) is 8.17. The molecule has 4 aromatic heterocycles. The molecule has 0 amide bonds. The maximum atomic E-state index is 13.4. The monoisotopic (exact) mass is 503 g/mol. The van der Waals surface area contributed by atoms with Gasteiger partial charge in [-0.2, -0.15) is 5.26 Å². The highest BCUT2D eigenvalue weighted by molar-refractivity contribution is 7.90. The molecule has 0 unspecified atom stereocenters. The minimum absolute atomic E-state index is 0.0577. The number of nitriles is 1. The van der Waals surface area contributed by atoms with Crippen LogP contribution in [0.25, 0.3) is 32.8 Å². The predicted molar refractivity (Wildman–Crippen MR) is 134 cm³/mol. The van der Waals surface area contributed by atoms with E-state index >= 15 is 0 Å². The molecular weight excluding hydrogens is 482 g/mol. The molecule has 176 valence electrons. The van der Waals surface area contributed by atoms with Crippen molar-refractivity contribution in [2.75, 3.05) is 5.73 Å². The van der Waals surface area contributed by atoms with Crippen molar-refractivity contribution in [2.45, 2.75) is 36.6 Å². The fourth-order valence-corrected chi connectivity index (χ4v) is 6.92. The van der Waals surface area contributed by atoms with E-state index in [0.717, 1.165) is 41.9 Å². The maximum Gasteiger partial charge on any atom is 0.269 e. The summed E-state index contributed by atoms with van der Waals surface area (Å²) in [6, 6.07) is 12.6. The Bertz CT molecular complexity index is 1700. The molecule has 1 aliphatic carbocycles. The van der Waals surface area contributed by atoms with Gasteiger partial charge in [-0.15, -0.1) is 0 Å². The summed E-state index contributed by atoms with van der Waals surface area (Å²) in [7, 11) is -3.82. The highest BCUT2D eigenvalue weighted by Gasteiger charge is 2.29. The number of pyridine rings is 1. The van der Waals surface area contributed by atoms with Gasteiger partial charge in [0.2, 0.25) is 0 Å². The smallest absolute Gasteiger partial charge is 0.269 e. The van der Waals surface area contributed by atoms with Crippen LogP contribution >= 0.6 is 11.3 Å². The number of hydrogen-bond donors (Lipinski definition) is 1. The van der Waals surface area contributed by atoms with Gasteiger partial charge >= 0.3 is 0 Å². The topological polar surface area (TPSA) is 132 Å². The van der Waals surface area contributed by atoms with Crippen molar-refractivity contribution < 1.29 is 8.42 Å². The third kappa shape index (κ3) is 3.48. The van der Waals surface area contributed by atoms with Crippen LogP contribution in [0.1, 0.15) is 31.7 Å². The fourth-order valence-electron chi connectivity index (χ4n) is 4.93. The SMILES string of the molecule is N#C[C@H]1CC[C@H](n2c(-c3cnc(N)s3)nc3cnc4c(ccn4S(=O)(=O)c4ccccc4)c32)CC1. The molecular formula is C24H21N7O2S2. The average molecular weight is 504 g/mol. The largest absolute Gasteiger partial charge is 0.375 e. The number of rotatable bonds is 4. The number of benzene rings is 1. The Morgan fingerprint density at radius 3 is 2.51 bits per heavy atom. The molecule has 1 aromatic carbocycles. The molecule has 9 nitrogen and oxygen atoms in total. The molecule has 0 aliphatic heterocycles. The lowest BCUT2D eigenvalue weighted by atomic mass is 9.86. The number of aromatic nitrogens is 5. The Morgan fingerprint density at radius 2 is 1.83 bits per heavy atom. The molecule has 6 rings (SSSR count). The standard InChI is InChI=1S/C24H21N7O2S2/c25-12-15-6-8-16(9-7-15)31-21-18-10-11-30(35(32,33)17-4-2-1-3-5-17)22(18)27-13-19(21)29-23(31)20-14-28-24(26)34-20/h1-5,10-11,13-16H,6-9H2,(H2,26,28)/t15-,16-. The lowest BCUT2D eigenvalue weighted by Crippen LogP contribution is -2.18. The summed E-state index contributed by atoms with van der Waals surface area (Å²) < 4.78 is 30.2. The summed E-state index contributed by atoms with van der Waals surface area (Å²) in [5, 5.41) is 10.5. The highest BCUT2D eigenvalue weighted by atomic mass is 32.2. The molecule has 2 N–H and O–H groups in total. The van der Waals surface area contributed by atoms with Gasteiger partial charge in [0.15, 0.2) is 16.6 Å². The van der Waals surface area contributed by atoms with Crippen LogP contribution in [0.4, 0.5) is 5.13 Å². The zero-order valence-electron chi connectivity index (χ0n) is 18.6. The summed E-state index contributed by atoms with van der Waals surface area (Å²) in [5.41, 5.74) is 7.78. The number of nitrogen functional groups attached to an aromatic ring is 1. The van der Waals surface area contributed by atoms with Crippen molar-refractivity contribution in [1.82, 2.24) is 23.5 Å². The van der Waals surface area contributed by atoms with E-state index < -0.39 is 10.0 Å². The molecule has 11 heteroatoms. The van der Waals surface area contributed by atoms with Gasteiger partial charge in [-0.3, -0.25) is 0 Å². The number of nitrogens with two attached hydrogens (primary N) is 1. The first-order chi connectivity index (χ1) is 17.0. The van der Waals surface area contributed by atoms with E-state index in [4.69, 9.17) is 10.7 Å². The first-order valence-electron chi connectivity index (χ1n) is 11.3. The summed E-state index contributed by atoms with van der Waals surface area (Å²) in [4.78, 5) is 14.6. The predicted octanol–water partition coefficient (Wildman–Crippen LogP) is 4.58. The van der Waals surface area contributed by atoms with Crippen molar-refractivity contribution in [3.8, 4) is 16.8 Å². The Labute approximate surface area is 205 Å². The second-order valence-electron chi connectivity index (χ2n) is 8.66. The van der Waals surface area contributed by atoms with Crippen LogP contribution in [0, 0.1) is 17.2 Å². The quantitative estimate of drug-likeness (QED) is 0.379. The molecule has 0 spiro atoms. The van der Waals surface area contributed by atoms with Gasteiger partial charge in [0.1, 0.15) is 5.52 Å². The highest BCUT2D eigenvalue weighted by Crippen LogP contribution is 2.41. The molecule has 0 saturated heterocycles. The van der Waals surface area contributed by atoms with Crippen LogP contribution in [0.3, 0.4) is 0 Å². The Kier molecular flexibility index (Phi) is 5.09. The molecule has 5 aromatic rings. The second kappa shape index (κ2) is 8.18. The van der Waals surface area contributed by atoms with E-state index in [9.17, 15) is 13.7 Å². The van der Waals surface area contributed by atoms with E-state index in [0.29, 0.717) is 21.7 Å². The van der Waals surface area contributed by atoms with Crippen LogP contribution in [0.5, 0.6) is 0 Å². The van der Waals surface area contributed by atoms with Crippen molar-refractivity contribution in [3.63, 3.8) is 0 Å². The van der Waals surface area contributed by atoms with Gasteiger partial charge in [-0.05, 0) is 43.9 Å². The fraction of sp³-hybridized carbons (Fsp3) is 0.250. The van der Waals surface area contributed by atoms with Gasteiger partial charge in [-0.1, -0.05) is 29.5 Å². The first kappa shape index (κ1) is 21.8. The maximum absolute atomic E-state index is 13.4. The van der Waals surface area contributed by atoms with Crippen molar-refractivity contribution >= 4 is 48.6 Å². The lowest BCUT2D eigenvalue weighted by Gasteiger charge is -2.27. The normalized spacial score (nSPS) is 18.7. The summed E-state index contributed by atoms with van der Waals surface area (Å²) in [6.45, 7) is 0. The van der Waals surface area contributed by atoms with Gasteiger partial charge in [0, 0.05) is 23.5 Å². The molecule has 4 heterocycles. The first-order valence-corrected chi connectivity index (χ1v) is 13.5. The molecule has 1 aliphatic rings. The molecule has 0 radical (unpaired) electrons. The van der Waals surface area contributed by atoms with E-state index in [1.807, 2.05) is 0 Å². The number of fused-ring (bicyclic) bond motifs is 3. The van der Waals surface area contributed by atoms with E-state index in [1.54, 1.807) is 55.0 Å². The lowest BCUT2D eigenvalue weighted by molar-refractivity contribution is 0.320.